The van der Waals surface area contributed by atoms with Crippen LogP contribution in [0.1, 0.15) is 12.5 Å². The maximum absolute atomic E-state index is 11.5. The number of ether oxygens (including phenoxy) is 4. The lowest BCUT2D eigenvalue weighted by Gasteiger charge is -2.12. The molecule has 1 aromatic carbocycles. The monoisotopic (exact) mass is 267 g/mol. The number of rotatable bonds is 5. The van der Waals surface area contributed by atoms with Gasteiger partial charge in [-0.15, -0.1) is 0 Å². The Morgan fingerprint density at radius 2 is 2.26 bits per heavy atom. The molecule has 0 amide bonds. The lowest BCUT2D eigenvalue weighted by atomic mass is 10.1. The first kappa shape index (κ1) is 13.5. The molecule has 2 rings (SSSR count). The number of benzene rings is 1. The molecule has 19 heavy (non-hydrogen) atoms. The van der Waals surface area contributed by atoms with Crippen molar-refractivity contribution in [3.8, 4) is 17.2 Å². The van der Waals surface area contributed by atoms with Crippen LogP contribution in [0.25, 0.3) is 0 Å². The molecule has 0 aliphatic carbocycles. The smallest absolute Gasteiger partial charge is 0.323 e. The van der Waals surface area contributed by atoms with Crippen LogP contribution in [-0.4, -0.2) is 32.5 Å². The predicted molar refractivity (Wildman–Crippen MR) is 67.4 cm³/mol. The fraction of sp³-hybridized carbons (Fsp3) is 0.462. The van der Waals surface area contributed by atoms with Crippen molar-refractivity contribution in [3.63, 3.8) is 0 Å². The highest BCUT2D eigenvalue weighted by Crippen LogP contribution is 2.41. The van der Waals surface area contributed by atoms with Crippen LogP contribution in [0.15, 0.2) is 12.1 Å². The first-order valence-electron chi connectivity index (χ1n) is 6.04. The predicted octanol–water partition coefficient (Wildman–Crippen LogP) is 0.857. The third-order valence-corrected chi connectivity index (χ3v) is 2.76. The van der Waals surface area contributed by atoms with Gasteiger partial charge in [0.2, 0.25) is 12.5 Å². The zero-order valence-corrected chi connectivity index (χ0v) is 11.0. The van der Waals surface area contributed by atoms with E-state index in [1.54, 1.807) is 26.2 Å². The van der Waals surface area contributed by atoms with Gasteiger partial charge in [-0.1, -0.05) is 0 Å². The Labute approximate surface area is 111 Å². The molecule has 0 aromatic heterocycles. The molecule has 0 bridgehead atoms. The molecule has 1 unspecified atom stereocenters. The second-order valence-corrected chi connectivity index (χ2v) is 4.09. The van der Waals surface area contributed by atoms with Gasteiger partial charge in [0.25, 0.3) is 0 Å². The lowest BCUT2D eigenvalue weighted by molar-refractivity contribution is -0.144. The lowest BCUT2D eigenvalue weighted by Crippen LogP contribution is -2.34. The van der Waals surface area contributed by atoms with Crippen LogP contribution in [-0.2, 0) is 16.0 Å². The number of nitrogens with two attached hydrogens (primary N) is 1. The van der Waals surface area contributed by atoms with E-state index in [2.05, 4.69) is 0 Å². The molecule has 1 heterocycles. The molecule has 0 radical (unpaired) electrons. The van der Waals surface area contributed by atoms with E-state index >= 15 is 0 Å². The summed E-state index contributed by atoms with van der Waals surface area (Å²) in [7, 11) is 1.55. The molecule has 0 fully saturated rings. The van der Waals surface area contributed by atoms with Crippen molar-refractivity contribution in [2.75, 3.05) is 20.5 Å². The quantitative estimate of drug-likeness (QED) is 0.797. The second kappa shape index (κ2) is 5.79. The maximum atomic E-state index is 11.5. The van der Waals surface area contributed by atoms with Crippen molar-refractivity contribution in [1.29, 1.82) is 0 Å². The maximum Gasteiger partial charge on any atom is 0.323 e. The Kier molecular flexibility index (Phi) is 4.11. The van der Waals surface area contributed by atoms with Crippen LogP contribution in [0.2, 0.25) is 0 Å². The van der Waals surface area contributed by atoms with Crippen LogP contribution in [0.3, 0.4) is 0 Å². The second-order valence-electron chi connectivity index (χ2n) is 4.09. The summed E-state index contributed by atoms with van der Waals surface area (Å²) in [5.74, 6) is 1.33. The minimum Gasteiger partial charge on any atom is -0.493 e. The van der Waals surface area contributed by atoms with Crippen LogP contribution in [0.5, 0.6) is 17.2 Å². The van der Waals surface area contributed by atoms with Gasteiger partial charge in [0, 0.05) is 0 Å². The van der Waals surface area contributed by atoms with Crippen LogP contribution >= 0.6 is 0 Å². The average Bonchev–Trinajstić information content (AvgIpc) is 2.86. The Balaban J connectivity index is 2.15. The largest absolute Gasteiger partial charge is 0.493 e. The summed E-state index contributed by atoms with van der Waals surface area (Å²) in [6, 6.07) is 2.88. The summed E-state index contributed by atoms with van der Waals surface area (Å²) < 4.78 is 20.7. The summed E-state index contributed by atoms with van der Waals surface area (Å²) in [6.45, 7) is 2.23. The Morgan fingerprint density at radius 3 is 2.95 bits per heavy atom. The highest BCUT2D eigenvalue weighted by Gasteiger charge is 2.22. The van der Waals surface area contributed by atoms with E-state index in [1.807, 2.05) is 0 Å². The third-order valence-electron chi connectivity index (χ3n) is 2.76. The van der Waals surface area contributed by atoms with Gasteiger partial charge in [-0.3, -0.25) is 4.79 Å². The van der Waals surface area contributed by atoms with E-state index in [-0.39, 0.29) is 6.79 Å². The summed E-state index contributed by atoms with van der Waals surface area (Å²) in [4.78, 5) is 11.5. The van der Waals surface area contributed by atoms with Crippen molar-refractivity contribution >= 4 is 5.97 Å². The molecule has 6 nitrogen and oxygen atoms in total. The molecule has 0 saturated heterocycles. The van der Waals surface area contributed by atoms with E-state index in [1.165, 1.54) is 0 Å². The normalized spacial score (nSPS) is 14.1. The molecular formula is C13H17NO5. The number of carbonyl (C=O) groups is 1. The van der Waals surface area contributed by atoms with Gasteiger partial charge >= 0.3 is 5.97 Å². The molecule has 1 atom stereocenters. The number of methoxy groups -OCH3 is 1. The van der Waals surface area contributed by atoms with Crippen LogP contribution in [0, 0.1) is 0 Å². The average molecular weight is 267 g/mol. The summed E-state index contributed by atoms with van der Waals surface area (Å²) in [6.07, 6.45) is 0.353. The standard InChI is InChI=1S/C13H17NO5/c1-3-17-13(15)9(14)4-8-5-10(16-2)12-11(6-8)18-7-19-12/h5-6,9H,3-4,7,14H2,1-2H3. The van der Waals surface area contributed by atoms with Gasteiger partial charge in [-0.05, 0) is 31.0 Å². The van der Waals surface area contributed by atoms with Gasteiger partial charge in [0.15, 0.2) is 11.5 Å². The van der Waals surface area contributed by atoms with Gasteiger partial charge in [-0.25, -0.2) is 0 Å². The first-order chi connectivity index (χ1) is 9.15. The zero-order valence-electron chi connectivity index (χ0n) is 11.0. The fourth-order valence-corrected chi connectivity index (χ4v) is 1.89. The van der Waals surface area contributed by atoms with Crippen LogP contribution < -0.4 is 19.9 Å². The number of fused-ring (bicyclic) bond motifs is 1. The van der Waals surface area contributed by atoms with E-state index in [0.717, 1.165) is 5.56 Å². The number of carbonyl (C=O) groups excluding carboxylic acids is 1. The molecule has 104 valence electrons. The first-order valence-corrected chi connectivity index (χ1v) is 6.04. The highest BCUT2D eigenvalue weighted by atomic mass is 16.7. The van der Waals surface area contributed by atoms with Crippen molar-refractivity contribution in [2.45, 2.75) is 19.4 Å². The summed E-state index contributed by atoms with van der Waals surface area (Å²) in [5.41, 5.74) is 6.62. The minimum atomic E-state index is -0.704. The molecule has 0 saturated carbocycles. The Hall–Kier alpha value is -1.95. The van der Waals surface area contributed by atoms with Crippen LogP contribution in [0.4, 0.5) is 0 Å². The number of hydrogen-bond acceptors (Lipinski definition) is 6. The molecule has 1 aromatic rings. The van der Waals surface area contributed by atoms with E-state index in [9.17, 15) is 4.79 Å². The molecule has 6 heteroatoms. The SMILES string of the molecule is CCOC(=O)C(N)Cc1cc(OC)c2c(c1)OCO2. The van der Waals surface area contributed by atoms with Crippen molar-refractivity contribution in [3.05, 3.63) is 17.7 Å². The van der Waals surface area contributed by atoms with Gasteiger partial charge in [-0.2, -0.15) is 0 Å². The van der Waals surface area contributed by atoms with Crippen molar-refractivity contribution in [2.24, 2.45) is 5.73 Å². The Bertz CT molecular complexity index is 474. The molecule has 0 spiro atoms. The van der Waals surface area contributed by atoms with Gasteiger partial charge in [0.05, 0.1) is 13.7 Å². The number of esters is 1. The molecule has 1 aliphatic heterocycles. The topological polar surface area (TPSA) is 80.0 Å². The molecule has 2 N–H and O–H groups in total. The summed E-state index contributed by atoms with van der Waals surface area (Å²) in [5, 5.41) is 0. The van der Waals surface area contributed by atoms with E-state index in [4.69, 9.17) is 24.7 Å². The number of hydrogen-bond donors (Lipinski definition) is 1. The third kappa shape index (κ3) is 2.90. The van der Waals surface area contributed by atoms with Gasteiger partial charge in [0.1, 0.15) is 6.04 Å². The van der Waals surface area contributed by atoms with Crippen molar-refractivity contribution < 1.29 is 23.7 Å². The van der Waals surface area contributed by atoms with E-state index in [0.29, 0.717) is 30.3 Å². The highest BCUT2D eigenvalue weighted by molar-refractivity contribution is 5.76. The van der Waals surface area contributed by atoms with Crippen molar-refractivity contribution in [1.82, 2.24) is 0 Å². The minimum absolute atomic E-state index is 0.166. The van der Waals surface area contributed by atoms with E-state index < -0.39 is 12.0 Å². The summed E-state index contributed by atoms with van der Waals surface area (Å²) >= 11 is 0. The fourth-order valence-electron chi connectivity index (χ4n) is 1.89. The molecule has 1 aliphatic rings. The Morgan fingerprint density at radius 1 is 1.47 bits per heavy atom. The zero-order chi connectivity index (χ0) is 13.8. The molecular weight excluding hydrogens is 250 g/mol. The van der Waals surface area contributed by atoms with Gasteiger partial charge < -0.3 is 24.7 Å².